The molecule has 1 heterocycles. The van der Waals surface area contributed by atoms with Gasteiger partial charge in [-0.05, 0) is 11.6 Å². The number of hydrogen-bond acceptors (Lipinski definition) is 4. The number of rotatable bonds is 5. The van der Waals surface area contributed by atoms with Crippen LogP contribution in [0.15, 0.2) is 36.5 Å². The summed E-state index contributed by atoms with van der Waals surface area (Å²) in [5.74, 6) is -0.619. The van der Waals surface area contributed by atoms with E-state index in [9.17, 15) is 9.59 Å². The molecule has 2 rings (SSSR count). The number of nitrogens with one attached hydrogen (secondary N) is 2. The monoisotopic (exact) mass is 272 g/mol. The molecule has 20 heavy (non-hydrogen) atoms. The molecule has 0 atom stereocenters. The Kier molecular flexibility index (Phi) is 4.62. The van der Waals surface area contributed by atoms with Crippen LogP contribution in [0.1, 0.15) is 5.56 Å². The van der Waals surface area contributed by atoms with Crippen molar-refractivity contribution < 1.29 is 9.59 Å². The van der Waals surface area contributed by atoms with Gasteiger partial charge in [-0.2, -0.15) is 0 Å². The second-order valence-corrected chi connectivity index (χ2v) is 4.25. The van der Waals surface area contributed by atoms with Crippen molar-refractivity contribution in [3.63, 3.8) is 0 Å². The van der Waals surface area contributed by atoms with E-state index in [4.69, 9.17) is 5.73 Å². The van der Waals surface area contributed by atoms with E-state index < -0.39 is 0 Å². The number of para-hydroxylation sites is 1. The van der Waals surface area contributed by atoms with E-state index in [2.05, 4.69) is 15.6 Å². The Bertz CT molecular complexity index is 622. The normalized spacial score (nSPS) is 10.2. The Morgan fingerprint density at radius 2 is 1.90 bits per heavy atom. The Morgan fingerprint density at radius 3 is 2.70 bits per heavy atom. The van der Waals surface area contributed by atoms with Gasteiger partial charge in [0, 0.05) is 18.1 Å². The number of pyridine rings is 1. The van der Waals surface area contributed by atoms with Crippen molar-refractivity contribution in [2.75, 3.05) is 13.1 Å². The molecule has 0 saturated carbocycles. The van der Waals surface area contributed by atoms with Gasteiger partial charge in [-0.15, -0.1) is 0 Å². The molecule has 0 bridgehead atoms. The summed E-state index contributed by atoms with van der Waals surface area (Å²) in [6.45, 7) is 0.167. The molecular weight excluding hydrogens is 256 g/mol. The lowest BCUT2D eigenvalue weighted by Gasteiger charge is -2.08. The van der Waals surface area contributed by atoms with Crippen LogP contribution in [0.3, 0.4) is 0 Å². The highest BCUT2D eigenvalue weighted by molar-refractivity contribution is 5.86. The van der Waals surface area contributed by atoms with E-state index in [1.54, 1.807) is 6.20 Å². The van der Waals surface area contributed by atoms with Gasteiger partial charge in [-0.1, -0.05) is 24.3 Å². The Labute approximate surface area is 116 Å². The Hall–Kier alpha value is -2.47. The minimum atomic E-state index is -0.355. The molecule has 0 saturated heterocycles. The summed E-state index contributed by atoms with van der Waals surface area (Å²) >= 11 is 0. The smallest absolute Gasteiger partial charge is 0.239 e. The summed E-state index contributed by atoms with van der Waals surface area (Å²) in [7, 11) is 0. The topological polar surface area (TPSA) is 97.1 Å². The molecule has 0 aliphatic rings. The van der Waals surface area contributed by atoms with Gasteiger partial charge in [0.05, 0.1) is 18.6 Å². The maximum Gasteiger partial charge on any atom is 0.239 e. The first-order chi connectivity index (χ1) is 9.70. The first kappa shape index (κ1) is 14.0. The fourth-order valence-corrected chi connectivity index (χ4v) is 1.82. The van der Waals surface area contributed by atoms with E-state index in [0.717, 1.165) is 16.5 Å². The lowest BCUT2D eigenvalue weighted by atomic mass is 10.1. The molecule has 4 N–H and O–H groups in total. The van der Waals surface area contributed by atoms with Gasteiger partial charge in [0.2, 0.25) is 11.8 Å². The number of benzene rings is 1. The van der Waals surface area contributed by atoms with Gasteiger partial charge in [-0.3, -0.25) is 14.6 Å². The zero-order valence-corrected chi connectivity index (χ0v) is 10.9. The quantitative estimate of drug-likeness (QED) is 0.709. The molecule has 2 amide bonds. The van der Waals surface area contributed by atoms with E-state index in [-0.39, 0.29) is 24.9 Å². The highest BCUT2D eigenvalue weighted by atomic mass is 16.2. The van der Waals surface area contributed by atoms with Gasteiger partial charge < -0.3 is 16.4 Å². The molecule has 0 aliphatic carbocycles. The van der Waals surface area contributed by atoms with Gasteiger partial charge in [0.1, 0.15) is 0 Å². The fraction of sp³-hybridized carbons (Fsp3) is 0.214. The summed E-state index contributed by atoms with van der Waals surface area (Å²) in [6, 6.07) is 9.63. The molecule has 0 aliphatic heterocycles. The summed E-state index contributed by atoms with van der Waals surface area (Å²) in [4.78, 5) is 26.8. The molecule has 1 aromatic carbocycles. The molecule has 6 heteroatoms. The van der Waals surface area contributed by atoms with Crippen LogP contribution in [-0.4, -0.2) is 29.9 Å². The van der Waals surface area contributed by atoms with Crippen molar-refractivity contribution in [1.82, 2.24) is 15.6 Å². The average molecular weight is 272 g/mol. The van der Waals surface area contributed by atoms with Gasteiger partial charge >= 0.3 is 0 Å². The number of amides is 2. The lowest BCUT2D eigenvalue weighted by molar-refractivity contribution is -0.125. The van der Waals surface area contributed by atoms with Crippen LogP contribution < -0.4 is 16.4 Å². The molecule has 1 aromatic heterocycles. The molecule has 0 unspecified atom stereocenters. The predicted octanol–water partition coefficient (Wildman–Crippen LogP) is -0.0741. The highest BCUT2D eigenvalue weighted by Gasteiger charge is 2.06. The summed E-state index contributed by atoms with van der Waals surface area (Å²) in [5.41, 5.74) is 6.93. The Balaban J connectivity index is 1.96. The number of carbonyl (C=O) groups excluding carboxylic acids is 2. The Morgan fingerprint density at radius 1 is 1.10 bits per heavy atom. The van der Waals surface area contributed by atoms with Crippen LogP contribution in [0.25, 0.3) is 10.9 Å². The third-order valence-corrected chi connectivity index (χ3v) is 2.82. The molecule has 0 spiro atoms. The number of aromatic nitrogens is 1. The van der Waals surface area contributed by atoms with Crippen molar-refractivity contribution >= 4 is 22.7 Å². The van der Waals surface area contributed by atoms with Crippen LogP contribution in [0.5, 0.6) is 0 Å². The fourth-order valence-electron chi connectivity index (χ4n) is 1.82. The van der Waals surface area contributed by atoms with Crippen molar-refractivity contribution in [3.8, 4) is 0 Å². The molecular formula is C14H16N4O2. The largest absolute Gasteiger partial charge is 0.350 e. The first-order valence-corrected chi connectivity index (χ1v) is 6.27. The number of hydrogen-bond donors (Lipinski definition) is 3. The standard InChI is InChI=1S/C14H16N4O2/c15-7-12(19)18-9-13(20)17-8-11-4-1-3-10-5-2-6-16-14(10)11/h1-6H,7-9,15H2,(H,17,20)(H,18,19). The van der Waals surface area contributed by atoms with Crippen LogP contribution in [-0.2, 0) is 16.1 Å². The number of carbonyl (C=O) groups is 2. The number of nitrogens with two attached hydrogens (primary N) is 1. The summed E-state index contributed by atoms with van der Waals surface area (Å²) in [6.07, 6.45) is 1.72. The molecule has 2 aromatic rings. The molecule has 104 valence electrons. The third kappa shape index (κ3) is 3.52. The minimum absolute atomic E-state index is 0.0752. The minimum Gasteiger partial charge on any atom is -0.350 e. The third-order valence-electron chi connectivity index (χ3n) is 2.82. The van der Waals surface area contributed by atoms with Crippen molar-refractivity contribution in [2.24, 2.45) is 5.73 Å². The van der Waals surface area contributed by atoms with E-state index in [1.165, 1.54) is 0 Å². The average Bonchev–Trinajstić information content (AvgIpc) is 2.50. The highest BCUT2D eigenvalue weighted by Crippen LogP contribution is 2.15. The summed E-state index contributed by atoms with van der Waals surface area (Å²) in [5, 5.41) is 6.17. The van der Waals surface area contributed by atoms with Crippen molar-refractivity contribution in [3.05, 3.63) is 42.1 Å². The zero-order valence-electron chi connectivity index (χ0n) is 10.9. The second-order valence-electron chi connectivity index (χ2n) is 4.25. The van der Waals surface area contributed by atoms with Gasteiger partial charge in [0.25, 0.3) is 0 Å². The SMILES string of the molecule is NCC(=O)NCC(=O)NCc1cccc2cccnc12. The van der Waals surface area contributed by atoms with E-state index >= 15 is 0 Å². The van der Waals surface area contributed by atoms with Crippen LogP contribution in [0, 0.1) is 0 Å². The zero-order chi connectivity index (χ0) is 14.4. The van der Waals surface area contributed by atoms with Crippen molar-refractivity contribution in [2.45, 2.75) is 6.54 Å². The molecule has 0 fully saturated rings. The summed E-state index contributed by atoms with van der Waals surface area (Å²) < 4.78 is 0. The van der Waals surface area contributed by atoms with Crippen LogP contribution in [0.2, 0.25) is 0 Å². The number of fused-ring (bicyclic) bond motifs is 1. The maximum absolute atomic E-state index is 11.6. The van der Waals surface area contributed by atoms with Crippen molar-refractivity contribution in [1.29, 1.82) is 0 Å². The van der Waals surface area contributed by atoms with Gasteiger partial charge in [0.15, 0.2) is 0 Å². The van der Waals surface area contributed by atoms with E-state index in [1.807, 2.05) is 30.3 Å². The van der Waals surface area contributed by atoms with Crippen LogP contribution >= 0.6 is 0 Å². The van der Waals surface area contributed by atoms with Gasteiger partial charge in [-0.25, -0.2) is 0 Å². The molecule has 0 radical (unpaired) electrons. The number of nitrogens with zero attached hydrogens (tertiary/aromatic N) is 1. The maximum atomic E-state index is 11.6. The van der Waals surface area contributed by atoms with Crippen LogP contribution in [0.4, 0.5) is 0 Å². The van der Waals surface area contributed by atoms with E-state index in [0.29, 0.717) is 6.54 Å². The second kappa shape index (κ2) is 6.63. The molecule has 6 nitrogen and oxygen atoms in total. The predicted molar refractivity (Wildman–Crippen MR) is 75.7 cm³/mol. The first-order valence-electron chi connectivity index (χ1n) is 6.27. The lowest BCUT2D eigenvalue weighted by Crippen LogP contribution is -2.39.